The molecule has 1 aliphatic carbocycles. The lowest BCUT2D eigenvalue weighted by Gasteiger charge is -2.22. The number of fused-ring (bicyclic) bond motifs is 1. The van der Waals surface area contributed by atoms with Crippen molar-refractivity contribution in [1.29, 1.82) is 5.41 Å². The first kappa shape index (κ1) is 20.3. The van der Waals surface area contributed by atoms with Crippen LogP contribution in [0.1, 0.15) is 61.1 Å². The molecule has 2 rings (SSSR count). The molecule has 0 radical (unpaired) electrons. The highest BCUT2D eigenvalue weighted by molar-refractivity contribution is 6.21. The van der Waals surface area contributed by atoms with Crippen LogP contribution in [0.25, 0.3) is 0 Å². The Hall–Kier alpha value is -2.00. The van der Waals surface area contributed by atoms with E-state index in [-0.39, 0.29) is 11.3 Å². The van der Waals surface area contributed by atoms with E-state index in [2.05, 4.69) is 50.0 Å². The van der Waals surface area contributed by atoms with Gasteiger partial charge in [-0.25, -0.2) is 0 Å². The van der Waals surface area contributed by atoms with Gasteiger partial charge in [-0.3, -0.25) is 0 Å². The first-order chi connectivity index (χ1) is 12.4. The van der Waals surface area contributed by atoms with E-state index in [0.29, 0.717) is 6.54 Å². The zero-order valence-corrected chi connectivity index (χ0v) is 16.8. The van der Waals surface area contributed by atoms with E-state index in [1.807, 2.05) is 6.92 Å². The van der Waals surface area contributed by atoms with Crippen LogP contribution in [0.15, 0.2) is 53.4 Å². The molecule has 26 heavy (non-hydrogen) atoms. The maximum Gasteiger partial charge on any atom is 0.0597 e. The third-order valence-electron chi connectivity index (χ3n) is 4.88. The molecule has 4 N–H and O–H groups in total. The molecule has 0 fully saturated rings. The van der Waals surface area contributed by atoms with Gasteiger partial charge in [0.1, 0.15) is 0 Å². The third-order valence-corrected chi connectivity index (χ3v) is 5.30. The number of allylic oxidation sites excluding steroid dienone is 3. The predicted molar refractivity (Wildman–Crippen MR) is 113 cm³/mol. The molecule has 0 amide bonds. The zero-order valence-electron chi connectivity index (χ0n) is 16.0. The molecule has 1 aromatic rings. The standard InChI is InChI=1S/C22H30ClN3/c1-5-6-7-17(12-24)13-26-16(4)22(15(3)25)20-11-21(23)19-10-14(2)8-9-18(19)20/h7-10,12,20-21,24,26H,4-6,11,13,25H2,1-3H3/b17-7+,22-15-,24-12?. The summed E-state index contributed by atoms with van der Waals surface area (Å²) in [5, 5.41) is 10.9. The molecule has 0 spiro atoms. The number of aryl methyl sites for hydroxylation is 1. The highest BCUT2D eigenvalue weighted by Crippen LogP contribution is 2.49. The summed E-state index contributed by atoms with van der Waals surface area (Å²) in [6, 6.07) is 6.46. The van der Waals surface area contributed by atoms with Gasteiger partial charge in [-0.05, 0) is 43.4 Å². The number of rotatable bonds is 8. The monoisotopic (exact) mass is 371 g/mol. The van der Waals surface area contributed by atoms with Crippen LogP contribution in [0.5, 0.6) is 0 Å². The topological polar surface area (TPSA) is 61.9 Å². The van der Waals surface area contributed by atoms with E-state index >= 15 is 0 Å². The lowest BCUT2D eigenvalue weighted by Crippen LogP contribution is -2.22. The number of alkyl halides is 1. The van der Waals surface area contributed by atoms with Gasteiger partial charge in [-0.2, -0.15) is 0 Å². The SMILES string of the molecule is C=C(NC/C(C=N)=C/CCC)/C(=C(\C)N)C1CC(Cl)c2cc(C)ccc21. The Labute approximate surface area is 162 Å². The fraction of sp³-hybridized carbons (Fsp3) is 0.409. The van der Waals surface area contributed by atoms with Crippen molar-refractivity contribution in [1.82, 2.24) is 5.32 Å². The van der Waals surface area contributed by atoms with E-state index in [9.17, 15) is 0 Å². The van der Waals surface area contributed by atoms with Gasteiger partial charge in [0.15, 0.2) is 0 Å². The summed E-state index contributed by atoms with van der Waals surface area (Å²) >= 11 is 6.62. The summed E-state index contributed by atoms with van der Waals surface area (Å²) in [4.78, 5) is 0. The lowest BCUT2D eigenvalue weighted by atomic mass is 9.89. The van der Waals surface area contributed by atoms with Gasteiger partial charge < -0.3 is 16.5 Å². The molecule has 0 aliphatic heterocycles. The zero-order chi connectivity index (χ0) is 19.3. The summed E-state index contributed by atoms with van der Waals surface area (Å²) in [6.07, 6.45) is 6.36. The van der Waals surface area contributed by atoms with Crippen LogP contribution >= 0.6 is 11.6 Å². The summed E-state index contributed by atoms with van der Waals surface area (Å²) in [7, 11) is 0. The first-order valence-corrected chi connectivity index (χ1v) is 9.66. The van der Waals surface area contributed by atoms with Crippen molar-refractivity contribution < 1.29 is 0 Å². The van der Waals surface area contributed by atoms with Crippen molar-refractivity contribution in [3.63, 3.8) is 0 Å². The average Bonchev–Trinajstić information content (AvgIpc) is 2.91. The highest BCUT2D eigenvalue weighted by Gasteiger charge is 2.33. The molecule has 4 heteroatoms. The van der Waals surface area contributed by atoms with Gasteiger partial charge in [0.05, 0.1) is 5.38 Å². The van der Waals surface area contributed by atoms with Crippen molar-refractivity contribution in [2.24, 2.45) is 5.73 Å². The van der Waals surface area contributed by atoms with Crippen molar-refractivity contribution in [3.05, 3.63) is 70.1 Å². The molecule has 2 unspecified atom stereocenters. The van der Waals surface area contributed by atoms with Gasteiger partial charge in [-0.15, -0.1) is 11.6 Å². The van der Waals surface area contributed by atoms with Gasteiger partial charge in [-0.1, -0.05) is 49.8 Å². The third kappa shape index (κ3) is 4.59. The van der Waals surface area contributed by atoms with E-state index < -0.39 is 0 Å². The minimum Gasteiger partial charge on any atom is -0.402 e. The smallest absolute Gasteiger partial charge is 0.0597 e. The Morgan fingerprint density at radius 1 is 1.42 bits per heavy atom. The number of hydrogen-bond donors (Lipinski definition) is 3. The lowest BCUT2D eigenvalue weighted by molar-refractivity contribution is 0.729. The molecule has 0 heterocycles. The maximum atomic E-state index is 7.57. The molecule has 3 nitrogen and oxygen atoms in total. The summed E-state index contributed by atoms with van der Waals surface area (Å²) in [5.74, 6) is 0.154. The molecule has 1 aromatic carbocycles. The Morgan fingerprint density at radius 3 is 2.77 bits per heavy atom. The second-order valence-electron chi connectivity index (χ2n) is 7.03. The van der Waals surface area contributed by atoms with Crippen molar-refractivity contribution in [3.8, 4) is 0 Å². The summed E-state index contributed by atoms with van der Waals surface area (Å²) < 4.78 is 0. The van der Waals surface area contributed by atoms with Crippen molar-refractivity contribution in [2.75, 3.05) is 6.54 Å². The molecule has 1 aliphatic rings. The van der Waals surface area contributed by atoms with Crippen LogP contribution in [0.3, 0.4) is 0 Å². The van der Waals surface area contributed by atoms with E-state index in [1.165, 1.54) is 22.9 Å². The number of halogens is 1. The highest BCUT2D eigenvalue weighted by atomic mass is 35.5. The molecular formula is C22H30ClN3. The number of unbranched alkanes of at least 4 members (excludes halogenated alkanes) is 1. The molecule has 0 aromatic heterocycles. The van der Waals surface area contributed by atoms with Crippen LogP contribution in [0.2, 0.25) is 0 Å². The van der Waals surface area contributed by atoms with Gasteiger partial charge in [0.25, 0.3) is 0 Å². The Kier molecular flexibility index (Phi) is 7.10. The number of benzene rings is 1. The second kappa shape index (κ2) is 9.09. The number of hydrogen-bond acceptors (Lipinski definition) is 3. The first-order valence-electron chi connectivity index (χ1n) is 9.22. The normalized spacial score (nSPS) is 20.4. The molecule has 0 saturated carbocycles. The Balaban J connectivity index is 2.22. The van der Waals surface area contributed by atoms with Gasteiger partial charge in [0, 0.05) is 35.6 Å². The fourth-order valence-electron chi connectivity index (χ4n) is 3.56. The molecule has 140 valence electrons. The van der Waals surface area contributed by atoms with E-state index in [4.69, 9.17) is 22.7 Å². The minimum atomic E-state index is -0.00126. The van der Waals surface area contributed by atoms with Crippen molar-refractivity contribution in [2.45, 2.75) is 51.3 Å². The van der Waals surface area contributed by atoms with Crippen LogP contribution in [-0.2, 0) is 0 Å². The molecular weight excluding hydrogens is 342 g/mol. The summed E-state index contributed by atoms with van der Waals surface area (Å²) in [5.41, 5.74) is 13.5. The van der Waals surface area contributed by atoms with Crippen molar-refractivity contribution >= 4 is 17.8 Å². The minimum absolute atomic E-state index is 0.00126. The van der Waals surface area contributed by atoms with Crippen LogP contribution in [0, 0.1) is 12.3 Å². The Bertz CT molecular complexity index is 742. The molecule has 2 atom stereocenters. The maximum absolute atomic E-state index is 7.57. The van der Waals surface area contributed by atoms with Gasteiger partial charge in [0.2, 0.25) is 0 Å². The summed E-state index contributed by atoms with van der Waals surface area (Å²) in [6.45, 7) is 10.9. The van der Waals surface area contributed by atoms with Crippen LogP contribution < -0.4 is 11.1 Å². The Morgan fingerprint density at radius 2 is 2.15 bits per heavy atom. The van der Waals surface area contributed by atoms with Crippen LogP contribution in [-0.4, -0.2) is 12.8 Å². The van der Waals surface area contributed by atoms with Gasteiger partial charge >= 0.3 is 0 Å². The molecule has 0 saturated heterocycles. The largest absolute Gasteiger partial charge is 0.402 e. The number of nitrogens with two attached hydrogens (primary N) is 1. The van der Waals surface area contributed by atoms with E-state index in [0.717, 1.165) is 41.8 Å². The predicted octanol–water partition coefficient (Wildman–Crippen LogP) is 5.47. The molecule has 0 bridgehead atoms. The van der Waals surface area contributed by atoms with E-state index in [1.54, 1.807) is 0 Å². The second-order valence-corrected chi connectivity index (χ2v) is 7.56. The fourth-order valence-corrected chi connectivity index (χ4v) is 3.92. The number of nitrogens with one attached hydrogen (secondary N) is 2. The quantitative estimate of drug-likeness (QED) is 0.322. The van der Waals surface area contributed by atoms with Crippen LogP contribution in [0.4, 0.5) is 0 Å². The average molecular weight is 372 g/mol.